The fourth-order valence-corrected chi connectivity index (χ4v) is 7.34. The molecule has 0 bridgehead atoms. The molecule has 0 aliphatic carbocycles. The van der Waals surface area contributed by atoms with E-state index in [9.17, 15) is 67.7 Å². The van der Waals surface area contributed by atoms with Gasteiger partial charge in [0.2, 0.25) is 59.1 Å². The van der Waals surface area contributed by atoms with Gasteiger partial charge in [0.05, 0.1) is 31.2 Å². The molecule has 28 nitrogen and oxygen atoms in total. The molecule has 28 heteroatoms. The van der Waals surface area contributed by atoms with Gasteiger partial charge in [0.1, 0.15) is 42.3 Å². The van der Waals surface area contributed by atoms with Crippen LogP contribution in [-0.2, 0) is 57.5 Å². The molecule has 0 aliphatic heterocycles. The molecule has 0 aromatic heterocycles. The highest BCUT2D eigenvalue weighted by Crippen LogP contribution is 2.09. The topological polar surface area (TPSA) is 464 Å². The van der Waals surface area contributed by atoms with Gasteiger partial charge in [-0.15, -0.1) is 13.2 Å². The number of aliphatic carboxylic acids is 1. The molecule has 0 fully saturated rings. The van der Waals surface area contributed by atoms with Crippen LogP contribution < -0.4 is 70.4 Å². The van der Waals surface area contributed by atoms with Crippen molar-refractivity contribution in [1.29, 1.82) is 0 Å². The molecule has 0 heterocycles. The summed E-state index contributed by atoms with van der Waals surface area (Å²) in [5, 5.41) is 54.8. The number of hydrogen-bond donors (Lipinski definition) is 16. The smallest absolute Gasteiger partial charge is 0.303 e. The van der Waals surface area contributed by atoms with Crippen molar-refractivity contribution in [2.24, 2.45) is 29.0 Å². The van der Waals surface area contributed by atoms with Crippen LogP contribution in [0.25, 0.3) is 0 Å². The molecule has 2 unspecified atom stereocenters. The molecule has 0 aliphatic rings. The van der Waals surface area contributed by atoms with Gasteiger partial charge in [-0.3, -0.25) is 57.5 Å². The van der Waals surface area contributed by atoms with Gasteiger partial charge in [-0.2, -0.15) is 0 Å². The monoisotopic (exact) mass is 1110 g/mol. The summed E-state index contributed by atoms with van der Waals surface area (Å²) in [6, 6.07) is -11.3. The van der Waals surface area contributed by atoms with E-state index in [-0.39, 0.29) is 69.9 Å². The van der Waals surface area contributed by atoms with Gasteiger partial charge in [0.25, 0.3) is 0 Å². The molecular weight excluding hydrogens is 1020 g/mol. The minimum atomic E-state index is -1.76. The maximum atomic E-state index is 14.3. The number of carbonyl (C=O) groups excluding carboxylic acids is 11. The number of aliphatic hydroxyl groups excluding tert-OH is 2. The standard InChI is InChI=1S/C50H87N13O15/c1-9-11-13-32(44(72)55-26-39(68)57-37(29(6)64)25-27(3)4)59-46(74)36(20-24-54-49(77)41(30(7)65)62-48(76)35(19-23-53)58-43(71)28(5)17-21-51)60-45(73)33(14-12-10-2)61-50(78)42(31(8)66)63-47(75)34(18-22-52)56-38(67)15-16-40(69)70/h9-10,27-28,30-37,41-42,65-66H,1-2,11-26,51-53H2,3-8H3,(H,54,77)(H,55,72)(H,56,67)(H,57,68)(H,58,71)(H,59,74)(H,60,73)(H,61,78)(H,62,76)(H,63,75)(H,69,70)/t28-,30?,31?,32-,33-,34-,35-,36-,37-,41-,42-/m0/s1. The lowest BCUT2D eigenvalue weighted by Crippen LogP contribution is -2.61. The number of nitrogens with two attached hydrogens (primary N) is 3. The molecule has 0 spiro atoms. The Morgan fingerprint density at radius 1 is 0.462 bits per heavy atom. The van der Waals surface area contributed by atoms with Gasteiger partial charge in [-0.05, 0) is 104 Å². The maximum absolute atomic E-state index is 14.3. The summed E-state index contributed by atoms with van der Waals surface area (Å²) >= 11 is 0. The Balaban J connectivity index is 6.94. The minimum absolute atomic E-state index is 0.0375. The van der Waals surface area contributed by atoms with Gasteiger partial charge in [-0.1, -0.05) is 32.9 Å². The third kappa shape index (κ3) is 28.5. The van der Waals surface area contributed by atoms with Crippen LogP contribution in [0, 0.1) is 11.8 Å². The number of carboxylic acids is 1. The first-order valence-electron chi connectivity index (χ1n) is 26.0. The Bertz CT molecular complexity index is 2040. The number of amides is 10. The second-order valence-electron chi connectivity index (χ2n) is 19.2. The van der Waals surface area contributed by atoms with Crippen LogP contribution in [0.4, 0.5) is 0 Å². The van der Waals surface area contributed by atoms with Gasteiger partial charge in [0.15, 0.2) is 5.78 Å². The van der Waals surface area contributed by atoms with E-state index >= 15 is 0 Å². The molecule has 0 aromatic rings. The van der Waals surface area contributed by atoms with Crippen molar-refractivity contribution >= 4 is 70.8 Å². The van der Waals surface area contributed by atoms with Crippen LogP contribution in [0.5, 0.6) is 0 Å². The summed E-state index contributed by atoms with van der Waals surface area (Å²) in [7, 11) is 0. The van der Waals surface area contributed by atoms with Crippen molar-refractivity contribution in [3.05, 3.63) is 25.3 Å². The minimum Gasteiger partial charge on any atom is -0.481 e. The molecule has 0 saturated carbocycles. The fraction of sp³-hybridized carbons (Fsp3) is 0.680. The number of nitrogens with one attached hydrogen (secondary N) is 10. The zero-order chi connectivity index (χ0) is 59.7. The highest BCUT2D eigenvalue weighted by Gasteiger charge is 2.35. The second kappa shape index (κ2) is 38.6. The highest BCUT2D eigenvalue weighted by molar-refractivity contribution is 5.98. The molecule has 442 valence electrons. The van der Waals surface area contributed by atoms with Crippen molar-refractivity contribution < 1.29 is 72.9 Å². The Morgan fingerprint density at radius 3 is 1.32 bits per heavy atom. The number of ketones is 1. The summed E-state index contributed by atoms with van der Waals surface area (Å²) < 4.78 is 0. The van der Waals surface area contributed by atoms with E-state index in [1.165, 1.54) is 26.0 Å². The van der Waals surface area contributed by atoms with E-state index < -0.39 is 164 Å². The third-order valence-electron chi connectivity index (χ3n) is 11.8. The molecule has 0 rings (SSSR count). The second-order valence-corrected chi connectivity index (χ2v) is 19.2. The predicted molar refractivity (Wildman–Crippen MR) is 285 cm³/mol. The van der Waals surface area contributed by atoms with E-state index in [4.69, 9.17) is 22.3 Å². The highest BCUT2D eigenvalue weighted by atomic mass is 16.4. The first-order chi connectivity index (χ1) is 36.7. The zero-order valence-corrected chi connectivity index (χ0v) is 45.8. The Labute approximate surface area is 455 Å². The fourth-order valence-electron chi connectivity index (χ4n) is 7.34. The van der Waals surface area contributed by atoms with E-state index in [0.29, 0.717) is 12.8 Å². The van der Waals surface area contributed by atoms with Gasteiger partial charge >= 0.3 is 5.97 Å². The Morgan fingerprint density at radius 2 is 0.872 bits per heavy atom. The number of carboxylic acid groups (broad SMARTS) is 1. The average Bonchev–Trinajstić information content (AvgIpc) is 3.36. The summed E-state index contributed by atoms with van der Waals surface area (Å²) in [4.78, 5) is 157. The molecule has 0 saturated heterocycles. The first kappa shape index (κ1) is 71.1. The lowest BCUT2D eigenvalue weighted by Gasteiger charge is -2.28. The molecule has 19 N–H and O–H groups in total. The Kier molecular flexibility index (Phi) is 35.2. The maximum Gasteiger partial charge on any atom is 0.303 e. The largest absolute Gasteiger partial charge is 0.481 e. The number of allylic oxidation sites excluding steroid dienone is 2. The quantitative estimate of drug-likeness (QED) is 0.0256. The van der Waals surface area contributed by atoms with E-state index in [1.807, 2.05) is 13.8 Å². The van der Waals surface area contributed by atoms with E-state index in [1.54, 1.807) is 6.92 Å². The third-order valence-corrected chi connectivity index (χ3v) is 11.8. The van der Waals surface area contributed by atoms with Crippen LogP contribution in [0.3, 0.4) is 0 Å². The normalized spacial score (nSPS) is 15.2. The molecule has 0 radical (unpaired) electrons. The predicted octanol–water partition coefficient (Wildman–Crippen LogP) is -4.64. The van der Waals surface area contributed by atoms with Crippen molar-refractivity contribution in [3.63, 3.8) is 0 Å². The summed E-state index contributed by atoms with van der Waals surface area (Å²) in [6.45, 7) is 15.3. The first-order valence-corrected chi connectivity index (χ1v) is 26.0. The summed E-state index contributed by atoms with van der Waals surface area (Å²) in [5.41, 5.74) is 16.9. The lowest BCUT2D eigenvalue weighted by atomic mass is 10.0. The molecule has 78 heavy (non-hydrogen) atoms. The van der Waals surface area contributed by atoms with Crippen molar-refractivity contribution in [2.75, 3.05) is 32.7 Å². The van der Waals surface area contributed by atoms with Gasteiger partial charge < -0.3 is 85.7 Å². The van der Waals surface area contributed by atoms with E-state index in [2.05, 4.69) is 66.3 Å². The Hall–Kier alpha value is -6.88. The number of aliphatic hydroxyl groups is 2. The summed E-state index contributed by atoms with van der Waals surface area (Å²) in [5.74, 6) is -10.8. The molecule has 10 amide bonds. The molecular formula is C50H87N13O15. The number of carbonyl (C=O) groups is 12. The molecule has 0 aromatic carbocycles. The van der Waals surface area contributed by atoms with E-state index in [0.717, 1.165) is 6.92 Å². The van der Waals surface area contributed by atoms with Crippen LogP contribution in [0.1, 0.15) is 112 Å². The number of Topliss-reactive ketones (excluding diaryl/α,β-unsaturated/α-hetero) is 1. The number of hydrogen-bond acceptors (Lipinski definition) is 17. The molecule has 11 atom stereocenters. The SMILES string of the molecule is C=CCC[C@H](NC(=O)[C@H](CCNC(=O)[C@@H](NC(=O)[C@H](CCN)NC(=O)[C@@H](C)CCN)C(C)O)NC(=O)[C@H](CCC=C)NC(=O)[C@@H](NC(=O)[C@H](CCN)NC(=O)CCC(=O)O)C(C)O)C(=O)NCC(=O)N[C@@H](CC(C)C)C(C)=O. The van der Waals surface area contributed by atoms with Crippen LogP contribution in [-0.4, -0.2) is 179 Å². The van der Waals surface area contributed by atoms with Crippen LogP contribution in [0.15, 0.2) is 25.3 Å². The van der Waals surface area contributed by atoms with Crippen molar-refractivity contribution in [1.82, 2.24) is 53.2 Å². The van der Waals surface area contributed by atoms with Crippen LogP contribution in [0.2, 0.25) is 0 Å². The van der Waals surface area contributed by atoms with Crippen LogP contribution >= 0.6 is 0 Å². The summed E-state index contributed by atoms with van der Waals surface area (Å²) in [6.07, 6.45) is -1.30. The average molecular weight is 1110 g/mol. The number of rotatable bonds is 41. The van der Waals surface area contributed by atoms with Crippen molar-refractivity contribution in [3.8, 4) is 0 Å². The zero-order valence-electron chi connectivity index (χ0n) is 45.8. The van der Waals surface area contributed by atoms with Gasteiger partial charge in [0, 0.05) is 18.9 Å². The van der Waals surface area contributed by atoms with Gasteiger partial charge in [-0.25, -0.2) is 0 Å². The van der Waals surface area contributed by atoms with Crippen molar-refractivity contribution in [2.45, 2.75) is 173 Å². The lowest BCUT2D eigenvalue weighted by molar-refractivity contribution is -0.139.